The molecule has 0 spiro atoms. The Hall–Kier alpha value is -1.38. The van der Waals surface area contributed by atoms with Crippen LogP contribution in [0.5, 0.6) is 0 Å². The van der Waals surface area contributed by atoms with Gasteiger partial charge in [0.15, 0.2) is 0 Å². The van der Waals surface area contributed by atoms with Gasteiger partial charge in [0.25, 0.3) is 0 Å². The van der Waals surface area contributed by atoms with Gasteiger partial charge in [0, 0.05) is 17.5 Å². The zero-order valence-corrected chi connectivity index (χ0v) is 11.9. The molecule has 0 bridgehead atoms. The number of hydrogen-bond donors (Lipinski definition) is 1. The van der Waals surface area contributed by atoms with Crippen LogP contribution in [0.15, 0.2) is 48.5 Å². The normalized spacial score (nSPS) is 22.7. The van der Waals surface area contributed by atoms with Gasteiger partial charge in [0.1, 0.15) is 5.82 Å². The number of rotatable bonds is 2. The van der Waals surface area contributed by atoms with Crippen molar-refractivity contribution in [2.45, 2.75) is 18.3 Å². The van der Waals surface area contributed by atoms with Gasteiger partial charge in [0.2, 0.25) is 0 Å². The predicted octanol–water partition coefficient (Wildman–Crippen LogP) is 4.34. The fraction of sp³-hybridized carbons (Fsp3) is 0.294. The first-order valence-electron chi connectivity index (χ1n) is 6.95. The minimum Gasteiger partial charge on any atom is -0.316 e. The van der Waals surface area contributed by atoms with Crippen molar-refractivity contribution >= 4 is 11.6 Å². The molecule has 20 heavy (non-hydrogen) atoms. The number of halogens is 2. The molecule has 1 saturated heterocycles. The number of piperidine rings is 1. The molecule has 1 aliphatic heterocycles. The Bertz CT molecular complexity index is 582. The molecule has 1 N–H and O–H groups in total. The van der Waals surface area contributed by atoms with Gasteiger partial charge in [-0.15, -0.1) is 0 Å². The van der Waals surface area contributed by atoms with Crippen LogP contribution in [-0.4, -0.2) is 13.1 Å². The molecule has 1 aliphatic rings. The van der Waals surface area contributed by atoms with Gasteiger partial charge >= 0.3 is 0 Å². The molecule has 0 aromatic heterocycles. The smallest absolute Gasteiger partial charge is 0.123 e. The summed E-state index contributed by atoms with van der Waals surface area (Å²) in [6.45, 7) is 1.93. The number of hydrogen-bond acceptors (Lipinski definition) is 1. The summed E-state index contributed by atoms with van der Waals surface area (Å²) >= 11 is 6.11. The standard InChI is InChI=1S/C17H17ClFN/c18-14-3-1-2-13(10-14)17-11-20-9-8-16(17)12-4-6-15(19)7-5-12/h1-7,10,16-17,20H,8-9,11H2. The largest absolute Gasteiger partial charge is 0.316 e. The quantitative estimate of drug-likeness (QED) is 0.867. The minimum absolute atomic E-state index is 0.179. The lowest BCUT2D eigenvalue weighted by atomic mass is 9.77. The van der Waals surface area contributed by atoms with Crippen molar-refractivity contribution in [2.24, 2.45) is 0 Å². The Morgan fingerprint density at radius 3 is 2.55 bits per heavy atom. The van der Waals surface area contributed by atoms with Crippen molar-refractivity contribution in [1.29, 1.82) is 0 Å². The number of benzene rings is 2. The van der Waals surface area contributed by atoms with E-state index in [9.17, 15) is 4.39 Å². The van der Waals surface area contributed by atoms with Gasteiger partial charge in [-0.1, -0.05) is 35.9 Å². The van der Waals surface area contributed by atoms with E-state index >= 15 is 0 Å². The van der Waals surface area contributed by atoms with E-state index in [4.69, 9.17) is 11.6 Å². The maximum Gasteiger partial charge on any atom is 0.123 e. The molecule has 104 valence electrons. The zero-order valence-electron chi connectivity index (χ0n) is 11.2. The fourth-order valence-electron chi connectivity index (χ4n) is 3.05. The van der Waals surface area contributed by atoms with E-state index in [2.05, 4.69) is 11.4 Å². The van der Waals surface area contributed by atoms with Gasteiger partial charge in [-0.3, -0.25) is 0 Å². The zero-order chi connectivity index (χ0) is 13.9. The second kappa shape index (κ2) is 5.94. The molecule has 0 saturated carbocycles. The first-order chi connectivity index (χ1) is 9.74. The lowest BCUT2D eigenvalue weighted by Crippen LogP contribution is -2.34. The predicted molar refractivity (Wildman–Crippen MR) is 80.8 cm³/mol. The van der Waals surface area contributed by atoms with Crippen LogP contribution in [0, 0.1) is 5.82 Å². The maximum absolute atomic E-state index is 13.1. The van der Waals surface area contributed by atoms with Crippen molar-refractivity contribution < 1.29 is 4.39 Å². The van der Waals surface area contributed by atoms with E-state index in [1.54, 1.807) is 12.1 Å². The van der Waals surface area contributed by atoms with Crippen molar-refractivity contribution in [1.82, 2.24) is 5.32 Å². The van der Waals surface area contributed by atoms with Crippen LogP contribution in [-0.2, 0) is 0 Å². The highest BCUT2D eigenvalue weighted by molar-refractivity contribution is 6.30. The maximum atomic E-state index is 13.1. The average molecular weight is 290 g/mol. The van der Waals surface area contributed by atoms with Crippen LogP contribution in [0.4, 0.5) is 4.39 Å². The molecular formula is C17H17ClFN. The Labute approximate surface area is 123 Å². The van der Waals surface area contributed by atoms with Crippen molar-refractivity contribution in [2.75, 3.05) is 13.1 Å². The SMILES string of the molecule is Fc1ccc(C2CCNCC2c2cccc(Cl)c2)cc1. The monoisotopic (exact) mass is 289 g/mol. The van der Waals surface area contributed by atoms with Crippen LogP contribution in [0.2, 0.25) is 5.02 Å². The topological polar surface area (TPSA) is 12.0 Å². The molecule has 1 heterocycles. The third-order valence-electron chi connectivity index (χ3n) is 4.06. The Morgan fingerprint density at radius 2 is 1.80 bits per heavy atom. The highest BCUT2D eigenvalue weighted by atomic mass is 35.5. The molecule has 2 aromatic carbocycles. The second-order valence-corrected chi connectivity index (χ2v) is 5.75. The summed E-state index contributed by atoms with van der Waals surface area (Å²) in [5, 5.41) is 4.22. The molecule has 2 aromatic rings. The Morgan fingerprint density at radius 1 is 1.00 bits per heavy atom. The van der Waals surface area contributed by atoms with Crippen LogP contribution in [0.25, 0.3) is 0 Å². The van der Waals surface area contributed by atoms with Crippen LogP contribution >= 0.6 is 11.6 Å². The van der Waals surface area contributed by atoms with E-state index < -0.39 is 0 Å². The van der Waals surface area contributed by atoms with Crippen LogP contribution < -0.4 is 5.32 Å². The van der Waals surface area contributed by atoms with E-state index in [1.165, 1.54) is 11.1 Å². The van der Waals surface area contributed by atoms with E-state index in [0.717, 1.165) is 24.5 Å². The lowest BCUT2D eigenvalue weighted by molar-refractivity contribution is 0.404. The summed E-state index contributed by atoms with van der Waals surface area (Å²) in [7, 11) is 0. The van der Waals surface area contributed by atoms with E-state index in [1.807, 2.05) is 30.3 Å². The number of nitrogens with one attached hydrogen (secondary N) is 1. The summed E-state index contributed by atoms with van der Waals surface area (Å²) in [5.41, 5.74) is 2.46. The molecule has 3 heteroatoms. The second-order valence-electron chi connectivity index (χ2n) is 5.31. The molecule has 2 unspecified atom stereocenters. The average Bonchev–Trinajstić information content (AvgIpc) is 2.48. The molecule has 1 fully saturated rings. The molecular weight excluding hydrogens is 273 g/mol. The van der Waals surface area contributed by atoms with Gasteiger partial charge in [-0.25, -0.2) is 4.39 Å². The minimum atomic E-state index is -0.179. The first-order valence-corrected chi connectivity index (χ1v) is 7.33. The van der Waals surface area contributed by atoms with E-state index in [-0.39, 0.29) is 5.82 Å². The molecule has 0 aliphatic carbocycles. The van der Waals surface area contributed by atoms with Crippen molar-refractivity contribution in [3.05, 3.63) is 70.5 Å². The molecule has 2 atom stereocenters. The van der Waals surface area contributed by atoms with Crippen molar-refractivity contribution in [3.63, 3.8) is 0 Å². The summed E-state index contributed by atoms with van der Waals surface area (Å²) in [5.74, 6) is 0.616. The third kappa shape index (κ3) is 2.87. The van der Waals surface area contributed by atoms with Gasteiger partial charge in [-0.2, -0.15) is 0 Å². The van der Waals surface area contributed by atoms with E-state index in [0.29, 0.717) is 11.8 Å². The van der Waals surface area contributed by atoms with Crippen molar-refractivity contribution in [3.8, 4) is 0 Å². The Balaban J connectivity index is 1.93. The highest BCUT2D eigenvalue weighted by Gasteiger charge is 2.27. The van der Waals surface area contributed by atoms with Crippen LogP contribution in [0.1, 0.15) is 29.4 Å². The first kappa shape index (κ1) is 13.6. The highest BCUT2D eigenvalue weighted by Crippen LogP contribution is 2.37. The summed E-state index contributed by atoms with van der Waals surface area (Å²) in [4.78, 5) is 0. The summed E-state index contributed by atoms with van der Waals surface area (Å²) in [6.07, 6.45) is 1.06. The molecule has 0 amide bonds. The lowest BCUT2D eigenvalue weighted by Gasteiger charge is -2.33. The fourth-order valence-corrected chi connectivity index (χ4v) is 3.25. The van der Waals surface area contributed by atoms with Crippen LogP contribution in [0.3, 0.4) is 0 Å². The van der Waals surface area contributed by atoms with Gasteiger partial charge in [0.05, 0.1) is 0 Å². The molecule has 0 radical (unpaired) electrons. The summed E-state index contributed by atoms with van der Waals surface area (Å²) in [6, 6.07) is 15.0. The molecule has 3 rings (SSSR count). The van der Waals surface area contributed by atoms with Gasteiger partial charge < -0.3 is 5.32 Å². The Kier molecular flexibility index (Phi) is 4.04. The van der Waals surface area contributed by atoms with Gasteiger partial charge in [-0.05, 0) is 54.3 Å². The third-order valence-corrected chi connectivity index (χ3v) is 4.29. The molecule has 1 nitrogen and oxygen atoms in total. The summed E-state index contributed by atoms with van der Waals surface area (Å²) < 4.78 is 13.1.